The van der Waals surface area contributed by atoms with Gasteiger partial charge in [0.25, 0.3) is 0 Å². The number of benzene rings is 1. The van der Waals surface area contributed by atoms with E-state index in [0.29, 0.717) is 0 Å². The number of hydrogen-bond donors (Lipinski definition) is 1. The van der Waals surface area contributed by atoms with Crippen molar-refractivity contribution in [1.29, 1.82) is 0 Å². The summed E-state index contributed by atoms with van der Waals surface area (Å²) in [4.78, 5) is 0. The molecule has 0 bridgehead atoms. The topological polar surface area (TPSA) is 12.0 Å². The third-order valence-corrected chi connectivity index (χ3v) is 5.92. The zero-order chi connectivity index (χ0) is 13.7. The van der Waals surface area contributed by atoms with Gasteiger partial charge in [-0.2, -0.15) is 11.8 Å². The van der Waals surface area contributed by atoms with Crippen LogP contribution >= 0.6 is 11.8 Å². The standard InChI is InChI=1S/C17H27NS/c1-4-11-18-16-9-10-17(14(16)3)19-12-15-8-6-5-7-13(15)2/h5-8,14,16-18H,4,9-12H2,1-3H3. The molecule has 1 aliphatic carbocycles. The first-order chi connectivity index (χ1) is 9.22. The van der Waals surface area contributed by atoms with E-state index in [2.05, 4.69) is 62.1 Å². The first-order valence-corrected chi connectivity index (χ1v) is 8.66. The van der Waals surface area contributed by atoms with Crippen LogP contribution in [0.3, 0.4) is 0 Å². The zero-order valence-electron chi connectivity index (χ0n) is 12.5. The minimum absolute atomic E-state index is 0.745. The van der Waals surface area contributed by atoms with Gasteiger partial charge in [0, 0.05) is 17.0 Å². The molecule has 3 atom stereocenters. The molecule has 1 aromatic carbocycles. The van der Waals surface area contributed by atoms with Crippen LogP contribution in [-0.2, 0) is 5.75 Å². The Morgan fingerprint density at radius 1 is 1.26 bits per heavy atom. The van der Waals surface area contributed by atoms with E-state index in [9.17, 15) is 0 Å². The predicted octanol–water partition coefficient (Wildman–Crippen LogP) is 4.39. The molecule has 0 amide bonds. The average molecular weight is 277 g/mol. The summed E-state index contributed by atoms with van der Waals surface area (Å²) in [5.74, 6) is 1.97. The van der Waals surface area contributed by atoms with Gasteiger partial charge in [0.05, 0.1) is 0 Å². The fourth-order valence-corrected chi connectivity index (χ4v) is 4.46. The number of thioether (sulfide) groups is 1. The molecular formula is C17H27NS. The number of nitrogens with one attached hydrogen (secondary N) is 1. The summed E-state index contributed by atoms with van der Waals surface area (Å²) in [5.41, 5.74) is 2.94. The largest absolute Gasteiger partial charge is 0.314 e. The van der Waals surface area contributed by atoms with Crippen LogP contribution in [0.5, 0.6) is 0 Å². The molecule has 19 heavy (non-hydrogen) atoms. The summed E-state index contributed by atoms with van der Waals surface area (Å²) in [7, 11) is 0. The smallest absolute Gasteiger partial charge is 0.0190 e. The minimum atomic E-state index is 0.745. The van der Waals surface area contributed by atoms with Crippen molar-refractivity contribution in [3.05, 3.63) is 35.4 Å². The molecule has 0 aromatic heterocycles. The van der Waals surface area contributed by atoms with Crippen molar-refractivity contribution >= 4 is 11.8 Å². The van der Waals surface area contributed by atoms with Crippen molar-refractivity contribution < 1.29 is 0 Å². The van der Waals surface area contributed by atoms with Gasteiger partial charge in [-0.25, -0.2) is 0 Å². The Hall–Kier alpha value is -0.470. The molecule has 1 nitrogen and oxygen atoms in total. The van der Waals surface area contributed by atoms with Gasteiger partial charge in [-0.05, 0) is 49.8 Å². The van der Waals surface area contributed by atoms with Gasteiger partial charge in [0.2, 0.25) is 0 Å². The summed E-state index contributed by atoms with van der Waals surface area (Å²) in [6.07, 6.45) is 3.97. The van der Waals surface area contributed by atoms with E-state index in [-0.39, 0.29) is 0 Å². The third kappa shape index (κ3) is 4.00. The molecule has 0 saturated heterocycles. The second kappa shape index (κ2) is 7.35. The molecule has 0 aliphatic heterocycles. The Morgan fingerprint density at radius 2 is 2.05 bits per heavy atom. The molecule has 3 unspecified atom stereocenters. The Kier molecular flexibility index (Phi) is 5.77. The molecule has 1 saturated carbocycles. The molecule has 1 fully saturated rings. The summed E-state index contributed by atoms with van der Waals surface area (Å²) in [6, 6.07) is 9.53. The molecule has 1 aliphatic rings. The molecule has 0 radical (unpaired) electrons. The van der Waals surface area contributed by atoms with Crippen molar-refractivity contribution in [2.24, 2.45) is 5.92 Å². The maximum absolute atomic E-state index is 3.71. The Balaban J connectivity index is 1.82. The van der Waals surface area contributed by atoms with Crippen LogP contribution in [0.4, 0.5) is 0 Å². The first kappa shape index (κ1) is 14.9. The first-order valence-electron chi connectivity index (χ1n) is 7.62. The third-order valence-electron chi connectivity index (χ3n) is 4.35. The van der Waals surface area contributed by atoms with Crippen molar-refractivity contribution in [2.45, 2.75) is 57.1 Å². The number of aryl methyl sites for hydroxylation is 1. The minimum Gasteiger partial charge on any atom is -0.314 e. The van der Waals surface area contributed by atoms with E-state index in [4.69, 9.17) is 0 Å². The number of hydrogen-bond acceptors (Lipinski definition) is 2. The Labute approximate surface area is 122 Å². The molecule has 1 N–H and O–H groups in total. The molecule has 2 heteroatoms. The average Bonchev–Trinajstić information content (AvgIpc) is 2.76. The summed E-state index contributed by atoms with van der Waals surface area (Å²) >= 11 is 2.16. The maximum Gasteiger partial charge on any atom is 0.0190 e. The lowest BCUT2D eigenvalue weighted by Gasteiger charge is -2.21. The fourth-order valence-electron chi connectivity index (χ4n) is 2.95. The van der Waals surface area contributed by atoms with Crippen molar-refractivity contribution in [3.63, 3.8) is 0 Å². The van der Waals surface area contributed by atoms with E-state index in [1.165, 1.54) is 42.7 Å². The van der Waals surface area contributed by atoms with Gasteiger partial charge in [-0.1, -0.05) is 38.1 Å². The highest BCUT2D eigenvalue weighted by molar-refractivity contribution is 7.99. The molecule has 2 rings (SSSR count). The van der Waals surface area contributed by atoms with Crippen LogP contribution in [0.1, 0.15) is 44.2 Å². The highest BCUT2D eigenvalue weighted by Gasteiger charge is 2.32. The fraction of sp³-hybridized carbons (Fsp3) is 0.647. The Bertz CT molecular complexity index is 391. The van der Waals surface area contributed by atoms with E-state index in [1.807, 2.05) is 0 Å². The molecular weight excluding hydrogens is 250 g/mol. The lowest BCUT2D eigenvalue weighted by atomic mass is 10.1. The summed E-state index contributed by atoms with van der Waals surface area (Å²) < 4.78 is 0. The second-order valence-corrected chi connectivity index (χ2v) is 7.00. The zero-order valence-corrected chi connectivity index (χ0v) is 13.3. The summed E-state index contributed by atoms with van der Waals surface area (Å²) in [6.45, 7) is 8.07. The van der Waals surface area contributed by atoms with Crippen LogP contribution in [0.25, 0.3) is 0 Å². The van der Waals surface area contributed by atoms with Gasteiger partial charge in [-0.15, -0.1) is 0 Å². The van der Waals surface area contributed by atoms with Crippen LogP contribution in [0.2, 0.25) is 0 Å². The van der Waals surface area contributed by atoms with E-state index in [0.717, 1.165) is 17.2 Å². The molecule has 0 spiro atoms. The van der Waals surface area contributed by atoms with Gasteiger partial charge in [-0.3, -0.25) is 0 Å². The van der Waals surface area contributed by atoms with E-state index in [1.54, 1.807) is 0 Å². The number of rotatable bonds is 6. The van der Waals surface area contributed by atoms with Crippen LogP contribution < -0.4 is 5.32 Å². The van der Waals surface area contributed by atoms with Crippen LogP contribution in [0.15, 0.2) is 24.3 Å². The van der Waals surface area contributed by atoms with E-state index >= 15 is 0 Å². The second-order valence-electron chi connectivity index (χ2n) is 5.77. The Morgan fingerprint density at radius 3 is 2.79 bits per heavy atom. The summed E-state index contributed by atoms with van der Waals surface area (Å²) in [5, 5.41) is 4.53. The quantitative estimate of drug-likeness (QED) is 0.827. The van der Waals surface area contributed by atoms with E-state index < -0.39 is 0 Å². The van der Waals surface area contributed by atoms with Crippen LogP contribution in [0, 0.1) is 12.8 Å². The normalized spacial score (nSPS) is 26.8. The molecule has 0 heterocycles. The van der Waals surface area contributed by atoms with Crippen LogP contribution in [-0.4, -0.2) is 17.8 Å². The SMILES string of the molecule is CCCNC1CCC(SCc2ccccc2C)C1C. The van der Waals surface area contributed by atoms with Crippen molar-refractivity contribution in [2.75, 3.05) is 6.54 Å². The van der Waals surface area contributed by atoms with Crippen molar-refractivity contribution in [1.82, 2.24) is 5.32 Å². The monoisotopic (exact) mass is 277 g/mol. The van der Waals surface area contributed by atoms with Gasteiger partial charge < -0.3 is 5.32 Å². The molecule has 106 valence electrons. The lowest BCUT2D eigenvalue weighted by molar-refractivity contribution is 0.432. The highest BCUT2D eigenvalue weighted by Crippen LogP contribution is 2.36. The van der Waals surface area contributed by atoms with Crippen molar-refractivity contribution in [3.8, 4) is 0 Å². The predicted molar refractivity (Wildman–Crippen MR) is 86.7 cm³/mol. The maximum atomic E-state index is 3.71. The highest BCUT2D eigenvalue weighted by atomic mass is 32.2. The lowest BCUT2D eigenvalue weighted by Crippen LogP contribution is -2.33. The van der Waals surface area contributed by atoms with Gasteiger partial charge in [0.1, 0.15) is 0 Å². The van der Waals surface area contributed by atoms with Gasteiger partial charge in [0.15, 0.2) is 0 Å². The van der Waals surface area contributed by atoms with Gasteiger partial charge >= 0.3 is 0 Å². The molecule has 1 aromatic rings.